The molecule has 1 heterocycles. The summed E-state index contributed by atoms with van der Waals surface area (Å²) in [6, 6.07) is 5.91. The minimum Gasteiger partial charge on any atom is -0.326 e. The highest BCUT2D eigenvalue weighted by molar-refractivity contribution is 5.99. The van der Waals surface area contributed by atoms with E-state index in [2.05, 4.69) is 5.32 Å². The average molecular weight is 342 g/mol. The molecule has 136 valence electrons. The molecule has 2 aliphatic rings. The Bertz CT molecular complexity index is 654. The maximum Gasteiger partial charge on any atom is 0.232 e. The van der Waals surface area contributed by atoms with Gasteiger partial charge in [0, 0.05) is 29.8 Å². The van der Waals surface area contributed by atoms with E-state index in [1.165, 1.54) is 25.7 Å². The van der Waals surface area contributed by atoms with Crippen molar-refractivity contribution in [3.63, 3.8) is 0 Å². The van der Waals surface area contributed by atoms with Crippen LogP contribution >= 0.6 is 0 Å². The molecule has 0 bridgehead atoms. The lowest BCUT2D eigenvalue weighted by Crippen LogP contribution is -2.38. The Kier molecular flexibility index (Phi) is 5.16. The first-order valence-electron chi connectivity index (χ1n) is 9.59. The molecule has 1 aromatic carbocycles. The Morgan fingerprint density at radius 3 is 2.60 bits per heavy atom. The first kappa shape index (κ1) is 18.0. The zero-order chi connectivity index (χ0) is 18.0. The van der Waals surface area contributed by atoms with Gasteiger partial charge in [0.1, 0.15) is 0 Å². The molecule has 0 unspecified atom stereocenters. The Hall–Kier alpha value is -1.84. The largest absolute Gasteiger partial charge is 0.326 e. The summed E-state index contributed by atoms with van der Waals surface area (Å²) in [4.78, 5) is 26.6. The third-order valence-corrected chi connectivity index (χ3v) is 5.40. The van der Waals surface area contributed by atoms with Crippen LogP contribution in [0.3, 0.4) is 0 Å². The number of hydrogen-bond donors (Lipinski definition) is 1. The zero-order valence-corrected chi connectivity index (χ0v) is 15.7. The fourth-order valence-corrected chi connectivity index (χ4v) is 3.95. The predicted molar refractivity (Wildman–Crippen MR) is 102 cm³/mol. The van der Waals surface area contributed by atoms with Crippen molar-refractivity contribution in [3.8, 4) is 0 Å². The van der Waals surface area contributed by atoms with Gasteiger partial charge in [0.2, 0.25) is 11.8 Å². The molecule has 4 heteroatoms. The van der Waals surface area contributed by atoms with Gasteiger partial charge in [-0.3, -0.25) is 9.59 Å². The third kappa shape index (κ3) is 4.23. The SMILES string of the molecule is CC(C)(C)C(=O)N1CCc2cc(NC(=O)CCC3CCCC3)ccc21. The molecule has 0 saturated heterocycles. The maximum atomic E-state index is 12.6. The number of rotatable bonds is 4. The number of nitrogens with zero attached hydrogens (tertiary/aromatic N) is 1. The van der Waals surface area contributed by atoms with Crippen LogP contribution in [0.1, 0.15) is 64.9 Å². The van der Waals surface area contributed by atoms with E-state index >= 15 is 0 Å². The first-order valence-corrected chi connectivity index (χ1v) is 9.59. The molecule has 1 aromatic rings. The summed E-state index contributed by atoms with van der Waals surface area (Å²) in [5.74, 6) is 0.995. The lowest BCUT2D eigenvalue weighted by Gasteiger charge is -2.26. The molecule has 1 aliphatic carbocycles. The van der Waals surface area contributed by atoms with Crippen LogP contribution in [-0.2, 0) is 16.0 Å². The summed E-state index contributed by atoms with van der Waals surface area (Å²) in [5, 5.41) is 3.03. The number of hydrogen-bond acceptors (Lipinski definition) is 2. The van der Waals surface area contributed by atoms with E-state index in [0.717, 1.165) is 42.2 Å². The molecule has 1 fully saturated rings. The Labute approximate surface area is 151 Å². The molecule has 0 atom stereocenters. The molecular formula is C21H30N2O2. The van der Waals surface area contributed by atoms with Crippen LogP contribution in [0.15, 0.2) is 18.2 Å². The number of carbonyl (C=O) groups is 2. The number of fused-ring (bicyclic) bond motifs is 1. The van der Waals surface area contributed by atoms with E-state index in [0.29, 0.717) is 6.42 Å². The molecule has 3 rings (SSSR count). The summed E-state index contributed by atoms with van der Waals surface area (Å²) in [5.41, 5.74) is 2.60. The molecule has 0 spiro atoms. The normalized spacial score (nSPS) is 17.6. The molecular weight excluding hydrogens is 312 g/mol. The van der Waals surface area contributed by atoms with Crippen molar-refractivity contribution in [3.05, 3.63) is 23.8 Å². The van der Waals surface area contributed by atoms with Gasteiger partial charge in [0.05, 0.1) is 0 Å². The second-order valence-corrected chi connectivity index (χ2v) is 8.54. The molecule has 1 aliphatic heterocycles. The van der Waals surface area contributed by atoms with E-state index in [9.17, 15) is 9.59 Å². The Morgan fingerprint density at radius 2 is 1.92 bits per heavy atom. The number of amides is 2. The van der Waals surface area contributed by atoms with E-state index in [1.807, 2.05) is 43.9 Å². The summed E-state index contributed by atoms with van der Waals surface area (Å²) >= 11 is 0. The van der Waals surface area contributed by atoms with Crippen LogP contribution < -0.4 is 10.2 Å². The topological polar surface area (TPSA) is 49.4 Å². The predicted octanol–water partition coefficient (Wildman–Crippen LogP) is 4.53. The summed E-state index contributed by atoms with van der Waals surface area (Å²) in [7, 11) is 0. The second-order valence-electron chi connectivity index (χ2n) is 8.54. The molecule has 4 nitrogen and oxygen atoms in total. The molecule has 2 amide bonds. The van der Waals surface area contributed by atoms with Crippen molar-refractivity contribution in [2.24, 2.45) is 11.3 Å². The number of nitrogens with one attached hydrogen (secondary N) is 1. The molecule has 0 radical (unpaired) electrons. The first-order chi connectivity index (χ1) is 11.8. The minimum absolute atomic E-state index is 0.104. The van der Waals surface area contributed by atoms with Crippen molar-refractivity contribution >= 4 is 23.2 Å². The van der Waals surface area contributed by atoms with Crippen LogP contribution in [0, 0.1) is 11.3 Å². The lowest BCUT2D eigenvalue weighted by molar-refractivity contribution is -0.125. The van der Waals surface area contributed by atoms with E-state index in [4.69, 9.17) is 0 Å². The standard InChI is InChI=1S/C21H30N2O2/c1-21(2,3)20(25)23-13-12-16-14-17(9-10-18(16)23)22-19(24)11-8-15-6-4-5-7-15/h9-10,14-15H,4-8,11-13H2,1-3H3,(H,22,24). The van der Waals surface area contributed by atoms with Gasteiger partial charge in [-0.15, -0.1) is 0 Å². The Morgan fingerprint density at radius 1 is 1.20 bits per heavy atom. The van der Waals surface area contributed by atoms with Gasteiger partial charge < -0.3 is 10.2 Å². The summed E-state index contributed by atoms with van der Waals surface area (Å²) < 4.78 is 0. The smallest absolute Gasteiger partial charge is 0.232 e. The average Bonchev–Trinajstić information content (AvgIpc) is 3.20. The van der Waals surface area contributed by atoms with Crippen LogP contribution in [0.4, 0.5) is 11.4 Å². The van der Waals surface area contributed by atoms with Gasteiger partial charge in [0.25, 0.3) is 0 Å². The number of benzene rings is 1. The van der Waals surface area contributed by atoms with Crippen molar-refractivity contribution in [2.45, 2.75) is 65.7 Å². The van der Waals surface area contributed by atoms with Crippen molar-refractivity contribution < 1.29 is 9.59 Å². The van der Waals surface area contributed by atoms with E-state index in [1.54, 1.807) is 0 Å². The minimum atomic E-state index is -0.380. The van der Waals surface area contributed by atoms with Crippen LogP contribution in [-0.4, -0.2) is 18.4 Å². The van der Waals surface area contributed by atoms with Crippen LogP contribution in [0.5, 0.6) is 0 Å². The quantitative estimate of drug-likeness (QED) is 0.874. The Balaban J connectivity index is 1.60. The van der Waals surface area contributed by atoms with Crippen molar-refractivity contribution in [1.29, 1.82) is 0 Å². The van der Waals surface area contributed by atoms with Gasteiger partial charge >= 0.3 is 0 Å². The maximum absolute atomic E-state index is 12.6. The lowest BCUT2D eigenvalue weighted by atomic mass is 9.94. The molecule has 25 heavy (non-hydrogen) atoms. The highest BCUT2D eigenvalue weighted by atomic mass is 16.2. The molecule has 0 aromatic heterocycles. The van der Waals surface area contributed by atoms with Gasteiger partial charge in [-0.1, -0.05) is 46.5 Å². The monoisotopic (exact) mass is 342 g/mol. The van der Waals surface area contributed by atoms with E-state index < -0.39 is 0 Å². The second kappa shape index (κ2) is 7.19. The highest BCUT2D eigenvalue weighted by Gasteiger charge is 2.32. The molecule has 1 N–H and O–H groups in total. The number of carbonyl (C=O) groups excluding carboxylic acids is 2. The van der Waals surface area contributed by atoms with Crippen molar-refractivity contribution in [2.75, 3.05) is 16.8 Å². The van der Waals surface area contributed by atoms with Crippen LogP contribution in [0.25, 0.3) is 0 Å². The third-order valence-electron chi connectivity index (χ3n) is 5.40. The highest BCUT2D eigenvalue weighted by Crippen LogP contribution is 2.34. The summed E-state index contributed by atoms with van der Waals surface area (Å²) in [6.45, 7) is 6.58. The van der Waals surface area contributed by atoms with Crippen molar-refractivity contribution in [1.82, 2.24) is 0 Å². The fraction of sp³-hybridized carbons (Fsp3) is 0.619. The fourth-order valence-electron chi connectivity index (χ4n) is 3.95. The van der Waals surface area contributed by atoms with Crippen LogP contribution in [0.2, 0.25) is 0 Å². The summed E-state index contributed by atoms with van der Waals surface area (Å²) in [6.07, 6.45) is 7.67. The van der Waals surface area contributed by atoms with Gasteiger partial charge in [-0.2, -0.15) is 0 Å². The van der Waals surface area contributed by atoms with Gasteiger partial charge in [-0.25, -0.2) is 0 Å². The molecule has 1 saturated carbocycles. The number of anilines is 2. The zero-order valence-electron chi connectivity index (χ0n) is 15.7. The van der Waals surface area contributed by atoms with E-state index in [-0.39, 0.29) is 17.2 Å². The van der Waals surface area contributed by atoms with Gasteiger partial charge in [0.15, 0.2) is 0 Å². The van der Waals surface area contributed by atoms with Gasteiger partial charge in [-0.05, 0) is 42.5 Å².